The first kappa shape index (κ1) is 20.1. The maximum atomic E-state index is 12.2. The van der Waals surface area contributed by atoms with E-state index in [2.05, 4.69) is 17.3 Å². The second-order valence-corrected chi connectivity index (χ2v) is 7.82. The van der Waals surface area contributed by atoms with Crippen LogP contribution in [0.15, 0.2) is 24.4 Å². The van der Waals surface area contributed by atoms with Gasteiger partial charge in [-0.15, -0.1) is 0 Å². The SMILES string of the molecule is COC(=O)c1c[nH]n2c(NC3CCC(C)CC3)c(-c3ccc(OC)c(OC)c3)nc12. The van der Waals surface area contributed by atoms with Crippen molar-refractivity contribution in [2.75, 3.05) is 26.6 Å². The molecule has 0 saturated heterocycles. The Kier molecular flexibility index (Phi) is 5.57. The topological polar surface area (TPSA) is 89.9 Å². The van der Waals surface area contributed by atoms with Gasteiger partial charge in [0.15, 0.2) is 23.0 Å². The molecule has 1 fully saturated rings. The number of H-pyrrole nitrogens is 1. The molecule has 0 atom stereocenters. The van der Waals surface area contributed by atoms with Gasteiger partial charge in [-0.3, -0.25) is 5.10 Å². The number of hydrogen-bond acceptors (Lipinski definition) is 6. The van der Waals surface area contributed by atoms with Gasteiger partial charge in [-0.1, -0.05) is 6.92 Å². The summed E-state index contributed by atoms with van der Waals surface area (Å²) in [6, 6.07) is 6.04. The van der Waals surface area contributed by atoms with Crippen molar-refractivity contribution in [1.29, 1.82) is 0 Å². The highest BCUT2D eigenvalue weighted by Gasteiger charge is 2.25. The Labute approximate surface area is 175 Å². The summed E-state index contributed by atoms with van der Waals surface area (Å²) in [5.41, 5.74) is 2.53. The Bertz CT molecular complexity index is 1050. The van der Waals surface area contributed by atoms with Crippen molar-refractivity contribution in [3.8, 4) is 22.8 Å². The highest BCUT2D eigenvalue weighted by atomic mass is 16.5. The van der Waals surface area contributed by atoms with E-state index in [1.165, 1.54) is 20.0 Å². The van der Waals surface area contributed by atoms with Crippen molar-refractivity contribution in [1.82, 2.24) is 14.6 Å². The van der Waals surface area contributed by atoms with Crippen molar-refractivity contribution in [3.05, 3.63) is 30.0 Å². The summed E-state index contributed by atoms with van der Waals surface area (Å²) in [5.74, 6) is 2.43. The molecule has 4 rings (SSSR count). The van der Waals surface area contributed by atoms with Gasteiger partial charge in [-0.2, -0.15) is 0 Å². The van der Waals surface area contributed by atoms with Crippen LogP contribution in [-0.2, 0) is 4.74 Å². The minimum absolute atomic E-state index is 0.352. The van der Waals surface area contributed by atoms with Gasteiger partial charge in [-0.25, -0.2) is 14.3 Å². The fourth-order valence-corrected chi connectivity index (χ4v) is 4.10. The number of hydrogen-bond donors (Lipinski definition) is 2. The van der Waals surface area contributed by atoms with Gasteiger partial charge in [0.25, 0.3) is 0 Å². The van der Waals surface area contributed by atoms with E-state index in [4.69, 9.17) is 19.2 Å². The fraction of sp³-hybridized carbons (Fsp3) is 0.455. The molecule has 1 saturated carbocycles. The van der Waals surface area contributed by atoms with Crippen molar-refractivity contribution in [3.63, 3.8) is 0 Å². The molecular formula is C22H28N4O4. The molecule has 8 nitrogen and oxygen atoms in total. The molecule has 1 aromatic carbocycles. The van der Waals surface area contributed by atoms with Crippen LogP contribution in [0, 0.1) is 5.92 Å². The summed E-state index contributed by atoms with van der Waals surface area (Å²) >= 11 is 0. The maximum absolute atomic E-state index is 12.2. The number of esters is 1. The highest BCUT2D eigenvalue weighted by molar-refractivity contribution is 5.97. The zero-order valence-corrected chi connectivity index (χ0v) is 17.8. The monoisotopic (exact) mass is 412 g/mol. The normalized spacial score (nSPS) is 18.9. The van der Waals surface area contributed by atoms with Crippen molar-refractivity contribution in [2.45, 2.75) is 38.6 Å². The number of benzene rings is 1. The predicted octanol–water partition coefficient (Wildman–Crippen LogP) is 4.12. The molecule has 30 heavy (non-hydrogen) atoms. The van der Waals surface area contributed by atoms with Crippen molar-refractivity contribution in [2.24, 2.45) is 5.92 Å². The third kappa shape index (κ3) is 3.58. The average Bonchev–Trinajstić information content (AvgIpc) is 3.34. The largest absolute Gasteiger partial charge is 0.493 e. The first-order valence-electron chi connectivity index (χ1n) is 10.2. The van der Waals surface area contributed by atoms with E-state index in [9.17, 15) is 4.79 Å². The lowest BCUT2D eigenvalue weighted by atomic mass is 9.87. The third-order valence-corrected chi connectivity index (χ3v) is 5.88. The molecule has 2 heterocycles. The van der Waals surface area contributed by atoms with Crippen LogP contribution in [0.5, 0.6) is 11.5 Å². The zero-order valence-electron chi connectivity index (χ0n) is 17.8. The Morgan fingerprint density at radius 1 is 1.13 bits per heavy atom. The number of nitrogens with one attached hydrogen (secondary N) is 2. The predicted molar refractivity (Wildman–Crippen MR) is 114 cm³/mol. The number of methoxy groups -OCH3 is 3. The summed E-state index contributed by atoms with van der Waals surface area (Å²) in [6.07, 6.45) is 6.22. The van der Waals surface area contributed by atoms with Crippen LogP contribution < -0.4 is 14.8 Å². The summed E-state index contributed by atoms with van der Waals surface area (Å²) in [6.45, 7) is 2.30. The lowest BCUT2D eigenvalue weighted by molar-refractivity contribution is 0.0602. The second-order valence-electron chi connectivity index (χ2n) is 7.82. The number of carbonyl (C=O) groups is 1. The standard InChI is InChI=1S/C22H28N4O4/c1-13-5-8-15(9-6-13)24-21-19(14-7-10-17(28-2)18(11-14)29-3)25-20-16(22(27)30-4)12-23-26(20)21/h7,10-13,15,23-24H,5-6,8-9H2,1-4H3. The Hall–Kier alpha value is -3.16. The van der Waals surface area contributed by atoms with Gasteiger partial charge >= 0.3 is 5.97 Å². The van der Waals surface area contributed by atoms with E-state index >= 15 is 0 Å². The summed E-state index contributed by atoms with van der Waals surface area (Å²) in [7, 11) is 4.58. The van der Waals surface area contributed by atoms with E-state index in [1.807, 2.05) is 22.7 Å². The van der Waals surface area contributed by atoms with Crippen molar-refractivity contribution >= 4 is 17.4 Å². The van der Waals surface area contributed by atoms with Crippen LogP contribution in [-0.4, -0.2) is 47.9 Å². The quantitative estimate of drug-likeness (QED) is 0.592. The van der Waals surface area contributed by atoms with E-state index < -0.39 is 5.97 Å². The molecule has 0 bridgehead atoms. The average molecular weight is 412 g/mol. The molecule has 0 unspecified atom stereocenters. The molecule has 2 aromatic heterocycles. The van der Waals surface area contributed by atoms with Gasteiger partial charge in [0.1, 0.15) is 11.3 Å². The maximum Gasteiger partial charge on any atom is 0.343 e. The number of ether oxygens (including phenoxy) is 3. The van der Waals surface area contributed by atoms with Crippen LogP contribution in [0.4, 0.5) is 5.82 Å². The molecule has 2 N–H and O–H groups in total. The molecule has 0 amide bonds. The minimum atomic E-state index is -0.428. The van der Waals surface area contributed by atoms with Crippen LogP contribution in [0.3, 0.4) is 0 Å². The molecule has 1 aliphatic rings. The minimum Gasteiger partial charge on any atom is -0.493 e. The van der Waals surface area contributed by atoms with Crippen molar-refractivity contribution < 1.29 is 19.0 Å². The van der Waals surface area contributed by atoms with Crippen LogP contribution in [0.2, 0.25) is 0 Å². The molecule has 3 aromatic rings. The lowest BCUT2D eigenvalue weighted by Gasteiger charge is -2.27. The smallest absolute Gasteiger partial charge is 0.343 e. The van der Waals surface area contributed by atoms with E-state index in [0.29, 0.717) is 28.8 Å². The third-order valence-electron chi connectivity index (χ3n) is 5.88. The number of nitrogens with zero attached hydrogens (tertiary/aromatic N) is 2. The molecule has 160 valence electrons. The fourth-order valence-electron chi connectivity index (χ4n) is 4.10. The second kappa shape index (κ2) is 8.30. The van der Waals surface area contributed by atoms with Gasteiger partial charge in [0.2, 0.25) is 0 Å². The van der Waals surface area contributed by atoms with E-state index in [-0.39, 0.29) is 0 Å². The lowest BCUT2D eigenvalue weighted by Crippen LogP contribution is -2.26. The molecule has 0 radical (unpaired) electrons. The number of anilines is 1. The van der Waals surface area contributed by atoms with Crippen LogP contribution >= 0.6 is 0 Å². The highest BCUT2D eigenvalue weighted by Crippen LogP contribution is 2.37. The first-order chi connectivity index (χ1) is 14.5. The number of fused-ring (bicyclic) bond motifs is 1. The molecular weight excluding hydrogens is 384 g/mol. The molecule has 1 aliphatic carbocycles. The zero-order chi connectivity index (χ0) is 21.3. The first-order valence-corrected chi connectivity index (χ1v) is 10.2. The van der Waals surface area contributed by atoms with E-state index in [1.54, 1.807) is 20.4 Å². The molecule has 0 aliphatic heterocycles. The van der Waals surface area contributed by atoms with Crippen LogP contribution in [0.1, 0.15) is 43.0 Å². The number of aromatic amines is 1. The summed E-state index contributed by atoms with van der Waals surface area (Å²) in [4.78, 5) is 17.0. The van der Waals surface area contributed by atoms with Gasteiger partial charge < -0.3 is 19.5 Å². The Morgan fingerprint density at radius 3 is 2.53 bits per heavy atom. The summed E-state index contributed by atoms with van der Waals surface area (Å²) < 4.78 is 17.6. The number of imidazole rings is 1. The van der Waals surface area contributed by atoms with Crippen LogP contribution in [0.25, 0.3) is 16.9 Å². The van der Waals surface area contributed by atoms with E-state index in [0.717, 1.165) is 35.8 Å². The number of aromatic nitrogens is 3. The molecule has 8 heteroatoms. The number of rotatable bonds is 6. The molecule has 0 spiro atoms. The number of carbonyl (C=O) groups excluding carboxylic acids is 1. The van der Waals surface area contributed by atoms with Gasteiger partial charge in [0.05, 0.1) is 21.3 Å². The van der Waals surface area contributed by atoms with Gasteiger partial charge in [0, 0.05) is 17.8 Å². The summed E-state index contributed by atoms with van der Waals surface area (Å²) in [5, 5.41) is 6.82. The Balaban J connectivity index is 1.81. The Morgan fingerprint density at radius 2 is 1.87 bits per heavy atom. The van der Waals surface area contributed by atoms with Gasteiger partial charge in [-0.05, 0) is 49.8 Å².